The number of anilines is 1. The first-order valence-corrected chi connectivity index (χ1v) is 8.81. The SMILES string of the molecule is CC(C)CCSc1nc(NNC(N)=O)c(C#N)c(-c2ccccc2)n1. The monoisotopic (exact) mass is 356 g/mol. The number of nitriles is 1. The maximum atomic E-state index is 11.0. The van der Waals surface area contributed by atoms with Crippen molar-refractivity contribution < 1.29 is 4.79 Å². The molecule has 7 nitrogen and oxygen atoms in total. The lowest BCUT2D eigenvalue weighted by Gasteiger charge is -2.13. The summed E-state index contributed by atoms with van der Waals surface area (Å²) in [4.78, 5) is 19.9. The van der Waals surface area contributed by atoms with E-state index in [0.29, 0.717) is 16.8 Å². The second-order valence-corrected chi connectivity index (χ2v) is 6.76. The summed E-state index contributed by atoms with van der Waals surface area (Å²) in [7, 11) is 0. The van der Waals surface area contributed by atoms with E-state index in [1.54, 1.807) is 0 Å². The van der Waals surface area contributed by atoms with E-state index in [1.807, 2.05) is 30.3 Å². The first-order chi connectivity index (χ1) is 12.0. The molecule has 4 N–H and O–H groups in total. The van der Waals surface area contributed by atoms with Gasteiger partial charge in [0.2, 0.25) is 0 Å². The third-order valence-electron chi connectivity index (χ3n) is 3.28. The van der Waals surface area contributed by atoms with Crippen LogP contribution in [0.25, 0.3) is 11.3 Å². The summed E-state index contributed by atoms with van der Waals surface area (Å²) in [6.07, 6.45) is 1.02. The number of hydrazine groups is 1. The highest BCUT2D eigenvalue weighted by Gasteiger charge is 2.16. The van der Waals surface area contributed by atoms with Crippen molar-refractivity contribution in [3.63, 3.8) is 0 Å². The van der Waals surface area contributed by atoms with Crippen LogP contribution in [0.3, 0.4) is 0 Å². The van der Waals surface area contributed by atoms with Crippen LogP contribution in [-0.2, 0) is 0 Å². The minimum absolute atomic E-state index is 0.224. The van der Waals surface area contributed by atoms with Crippen LogP contribution in [0, 0.1) is 17.2 Å². The summed E-state index contributed by atoms with van der Waals surface area (Å²) in [5, 5.41) is 10.1. The van der Waals surface area contributed by atoms with Crippen LogP contribution in [0.1, 0.15) is 25.8 Å². The summed E-state index contributed by atoms with van der Waals surface area (Å²) in [5.41, 5.74) is 11.5. The second-order valence-electron chi connectivity index (χ2n) is 5.70. The van der Waals surface area contributed by atoms with Gasteiger partial charge < -0.3 is 5.73 Å². The first-order valence-electron chi connectivity index (χ1n) is 7.83. The molecule has 0 aliphatic carbocycles. The predicted molar refractivity (Wildman–Crippen MR) is 98.7 cm³/mol. The number of thioether (sulfide) groups is 1. The van der Waals surface area contributed by atoms with Crippen LogP contribution in [0.2, 0.25) is 0 Å². The van der Waals surface area contributed by atoms with E-state index in [9.17, 15) is 10.1 Å². The number of carbonyl (C=O) groups is 1. The third-order valence-corrected chi connectivity index (χ3v) is 4.16. The fraction of sp³-hybridized carbons (Fsp3) is 0.294. The zero-order valence-corrected chi connectivity index (χ0v) is 14.9. The fourth-order valence-corrected chi connectivity index (χ4v) is 3.10. The van der Waals surface area contributed by atoms with E-state index in [2.05, 4.69) is 40.7 Å². The molecule has 0 radical (unpaired) electrons. The van der Waals surface area contributed by atoms with Crippen LogP contribution < -0.4 is 16.6 Å². The lowest BCUT2D eigenvalue weighted by Crippen LogP contribution is -2.35. The molecular formula is C17H20N6OS. The van der Waals surface area contributed by atoms with Gasteiger partial charge in [-0.15, -0.1) is 0 Å². The Labute approximate surface area is 151 Å². The molecule has 130 valence electrons. The van der Waals surface area contributed by atoms with Gasteiger partial charge in [0.05, 0.1) is 5.69 Å². The van der Waals surface area contributed by atoms with Crippen molar-refractivity contribution in [2.75, 3.05) is 11.2 Å². The molecule has 1 aromatic carbocycles. The Morgan fingerprint density at radius 3 is 2.64 bits per heavy atom. The lowest BCUT2D eigenvalue weighted by atomic mass is 10.1. The Balaban J connectivity index is 2.42. The molecule has 0 aliphatic heterocycles. The maximum absolute atomic E-state index is 11.0. The Kier molecular flexibility index (Phi) is 6.60. The number of benzene rings is 1. The van der Waals surface area contributed by atoms with Crippen molar-refractivity contribution in [3.8, 4) is 17.3 Å². The largest absolute Gasteiger partial charge is 0.350 e. The van der Waals surface area contributed by atoms with Crippen molar-refractivity contribution >= 4 is 23.6 Å². The molecule has 0 saturated heterocycles. The number of nitrogens with two attached hydrogens (primary N) is 1. The molecule has 0 fully saturated rings. The van der Waals surface area contributed by atoms with Crippen molar-refractivity contribution in [3.05, 3.63) is 35.9 Å². The number of aromatic nitrogens is 2. The number of carbonyl (C=O) groups excluding carboxylic acids is 1. The van der Waals surface area contributed by atoms with E-state index in [0.717, 1.165) is 17.7 Å². The van der Waals surface area contributed by atoms with Crippen LogP contribution in [0.5, 0.6) is 0 Å². The average Bonchev–Trinajstić information content (AvgIpc) is 2.59. The molecule has 2 aromatic rings. The first kappa shape index (κ1) is 18.5. The van der Waals surface area contributed by atoms with Gasteiger partial charge in [-0.3, -0.25) is 10.9 Å². The molecular weight excluding hydrogens is 336 g/mol. The predicted octanol–water partition coefficient (Wildman–Crippen LogP) is 3.15. The van der Waals surface area contributed by atoms with Crippen LogP contribution >= 0.6 is 11.8 Å². The Morgan fingerprint density at radius 2 is 2.04 bits per heavy atom. The second kappa shape index (κ2) is 8.89. The topological polar surface area (TPSA) is 117 Å². The molecule has 2 rings (SSSR count). The molecule has 0 spiro atoms. The molecule has 0 unspecified atom stereocenters. The van der Waals surface area contributed by atoms with Gasteiger partial charge in [0.15, 0.2) is 11.0 Å². The van der Waals surface area contributed by atoms with Gasteiger partial charge in [0.25, 0.3) is 0 Å². The molecule has 0 aliphatic rings. The maximum Gasteiger partial charge on any atom is 0.330 e. The number of urea groups is 1. The van der Waals surface area contributed by atoms with Gasteiger partial charge in [-0.2, -0.15) is 5.26 Å². The van der Waals surface area contributed by atoms with E-state index < -0.39 is 6.03 Å². The summed E-state index contributed by atoms with van der Waals surface area (Å²) in [6, 6.07) is 10.7. The van der Waals surface area contributed by atoms with Crippen molar-refractivity contribution in [1.82, 2.24) is 15.4 Å². The van der Waals surface area contributed by atoms with Gasteiger partial charge in [-0.1, -0.05) is 55.9 Å². The summed E-state index contributed by atoms with van der Waals surface area (Å²) in [5.74, 6) is 1.66. The highest BCUT2D eigenvalue weighted by Crippen LogP contribution is 2.29. The lowest BCUT2D eigenvalue weighted by molar-refractivity contribution is 0.250. The van der Waals surface area contributed by atoms with Gasteiger partial charge in [-0.25, -0.2) is 14.8 Å². The highest BCUT2D eigenvalue weighted by molar-refractivity contribution is 7.99. The number of nitrogens with zero attached hydrogens (tertiary/aromatic N) is 3. The fourth-order valence-electron chi connectivity index (χ4n) is 2.01. The van der Waals surface area contributed by atoms with E-state index in [1.165, 1.54) is 11.8 Å². The quantitative estimate of drug-likeness (QED) is 0.398. The minimum atomic E-state index is -0.766. The summed E-state index contributed by atoms with van der Waals surface area (Å²) < 4.78 is 0. The molecule has 0 saturated carbocycles. The van der Waals surface area contributed by atoms with Gasteiger partial charge in [0, 0.05) is 11.3 Å². The van der Waals surface area contributed by atoms with Gasteiger partial charge in [-0.05, 0) is 12.3 Å². The molecule has 2 amide bonds. The standard InChI is InChI=1S/C17H20N6OS/c1-11(2)8-9-25-17-20-14(12-6-4-3-5-7-12)13(10-18)15(21-17)22-23-16(19)24/h3-7,11H,8-9H2,1-2H3,(H3,19,23,24)(H,20,21,22). The van der Waals surface area contributed by atoms with E-state index >= 15 is 0 Å². The van der Waals surface area contributed by atoms with Crippen molar-refractivity contribution in [2.45, 2.75) is 25.4 Å². The number of hydrogen-bond donors (Lipinski definition) is 3. The molecule has 1 heterocycles. The van der Waals surface area contributed by atoms with Crippen molar-refractivity contribution in [2.24, 2.45) is 11.7 Å². The molecule has 0 atom stereocenters. The third kappa shape index (κ3) is 5.36. The number of amides is 2. The van der Waals surface area contributed by atoms with Crippen LogP contribution in [-0.4, -0.2) is 21.8 Å². The molecule has 0 bridgehead atoms. The highest BCUT2D eigenvalue weighted by atomic mass is 32.2. The average molecular weight is 356 g/mol. The Bertz CT molecular complexity index is 773. The molecule has 1 aromatic heterocycles. The van der Waals surface area contributed by atoms with Crippen LogP contribution in [0.4, 0.5) is 10.6 Å². The smallest absolute Gasteiger partial charge is 0.330 e. The number of nitrogens with one attached hydrogen (secondary N) is 2. The summed E-state index contributed by atoms with van der Waals surface area (Å²) >= 11 is 1.51. The van der Waals surface area contributed by atoms with E-state index in [-0.39, 0.29) is 11.4 Å². The number of hydrogen-bond acceptors (Lipinski definition) is 6. The zero-order chi connectivity index (χ0) is 18.2. The Hall–Kier alpha value is -2.79. The normalized spacial score (nSPS) is 10.3. The van der Waals surface area contributed by atoms with Gasteiger partial charge in [0.1, 0.15) is 11.6 Å². The van der Waals surface area contributed by atoms with Gasteiger partial charge >= 0.3 is 6.03 Å². The minimum Gasteiger partial charge on any atom is -0.350 e. The number of primary amides is 1. The van der Waals surface area contributed by atoms with Crippen LogP contribution in [0.15, 0.2) is 35.5 Å². The molecule has 25 heavy (non-hydrogen) atoms. The van der Waals surface area contributed by atoms with Crippen molar-refractivity contribution in [1.29, 1.82) is 5.26 Å². The number of rotatable bonds is 7. The Morgan fingerprint density at radius 1 is 1.32 bits per heavy atom. The van der Waals surface area contributed by atoms with E-state index in [4.69, 9.17) is 5.73 Å². The summed E-state index contributed by atoms with van der Waals surface area (Å²) in [6.45, 7) is 4.30. The molecule has 8 heteroatoms. The zero-order valence-electron chi connectivity index (χ0n) is 14.1.